The van der Waals surface area contributed by atoms with Gasteiger partial charge in [-0.2, -0.15) is 4.98 Å². The van der Waals surface area contributed by atoms with Crippen LogP contribution in [0.4, 0.5) is 4.39 Å². The highest BCUT2D eigenvalue weighted by Crippen LogP contribution is 2.23. The zero-order valence-electron chi connectivity index (χ0n) is 14.3. The van der Waals surface area contributed by atoms with Crippen molar-refractivity contribution < 1.29 is 13.9 Å². The molecule has 0 atom stereocenters. The van der Waals surface area contributed by atoms with Gasteiger partial charge in [0.2, 0.25) is 5.88 Å². The molecule has 132 valence electrons. The molecule has 0 unspecified atom stereocenters. The van der Waals surface area contributed by atoms with E-state index in [0.29, 0.717) is 27.9 Å². The number of carbonyl (C=O) groups excluding carboxylic acids is 1. The molecule has 0 aliphatic carbocycles. The minimum atomic E-state index is -0.331. The van der Waals surface area contributed by atoms with E-state index in [1.807, 2.05) is 13.8 Å². The molecule has 0 fully saturated rings. The number of ether oxygens (including phenoxy) is 1. The topological polar surface area (TPSA) is 52.1 Å². The first-order chi connectivity index (χ1) is 12.4. The van der Waals surface area contributed by atoms with Crippen LogP contribution in [0.3, 0.4) is 0 Å². The van der Waals surface area contributed by atoms with Crippen LogP contribution in [0.5, 0.6) is 5.88 Å². The number of Topliss-reactive ketones (excluding diaryl/α,β-unsaturated/α-hetero) is 1. The summed E-state index contributed by atoms with van der Waals surface area (Å²) in [5, 5.41) is 0.564. The summed E-state index contributed by atoms with van der Waals surface area (Å²) in [7, 11) is 0. The molecule has 0 saturated carbocycles. The van der Waals surface area contributed by atoms with Crippen molar-refractivity contribution in [2.75, 3.05) is 6.61 Å². The normalized spacial score (nSPS) is 10.6. The number of nitrogens with zero attached hydrogens (tertiary/aromatic N) is 2. The molecule has 4 nitrogen and oxygen atoms in total. The summed E-state index contributed by atoms with van der Waals surface area (Å²) in [6, 6.07) is 12.5. The summed E-state index contributed by atoms with van der Waals surface area (Å²) in [4.78, 5) is 21.1. The number of ketones is 1. The van der Waals surface area contributed by atoms with Gasteiger partial charge in [-0.3, -0.25) is 4.79 Å². The lowest BCUT2D eigenvalue weighted by atomic mass is 10.1. The van der Waals surface area contributed by atoms with E-state index in [1.165, 1.54) is 12.1 Å². The lowest BCUT2D eigenvalue weighted by Gasteiger charge is -2.11. The maximum absolute atomic E-state index is 13.1. The fraction of sp³-hybridized carbons (Fsp3) is 0.150. The molecule has 1 heterocycles. The zero-order chi connectivity index (χ0) is 18.7. The molecule has 26 heavy (non-hydrogen) atoms. The van der Waals surface area contributed by atoms with E-state index in [0.717, 1.165) is 11.3 Å². The van der Waals surface area contributed by atoms with E-state index < -0.39 is 0 Å². The largest absolute Gasteiger partial charge is 0.469 e. The van der Waals surface area contributed by atoms with Gasteiger partial charge in [-0.1, -0.05) is 11.6 Å². The first-order valence-corrected chi connectivity index (χ1v) is 8.34. The number of aromatic nitrogens is 2. The van der Waals surface area contributed by atoms with Crippen LogP contribution in [0.25, 0.3) is 11.4 Å². The maximum Gasteiger partial charge on any atom is 0.220 e. The Balaban J connectivity index is 1.82. The molecule has 0 aliphatic rings. The average Bonchev–Trinajstić information content (AvgIpc) is 2.64. The molecule has 0 spiro atoms. The van der Waals surface area contributed by atoms with Crippen LogP contribution >= 0.6 is 11.6 Å². The van der Waals surface area contributed by atoms with E-state index >= 15 is 0 Å². The third-order valence-corrected chi connectivity index (χ3v) is 4.21. The Kier molecular flexibility index (Phi) is 5.28. The van der Waals surface area contributed by atoms with Crippen molar-refractivity contribution in [3.63, 3.8) is 0 Å². The Morgan fingerprint density at radius 2 is 1.69 bits per heavy atom. The first kappa shape index (κ1) is 18.0. The maximum atomic E-state index is 13.1. The van der Waals surface area contributed by atoms with Gasteiger partial charge in [-0.05, 0) is 62.4 Å². The second kappa shape index (κ2) is 7.62. The van der Waals surface area contributed by atoms with Crippen molar-refractivity contribution in [1.29, 1.82) is 0 Å². The Morgan fingerprint density at radius 1 is 1.04 bits per heavy atom. The molecule has 0 amide bonds. The molecular weight excluding hydrogens is 355 g/mol. The average molecular weight is 371 g/mol. The van der Waals surface area contributed by atoms with Crippen LogP contribution in [-0.2, 0) is 0 Å². The van der Waals surface area contributed by atoms with Gasteiger partial charge in [-0.15, -0.1) is 0 Å². The van der Waals surface area contributed by atoms with Gasteiger partial charge >= 0.3 is 0 Å². The number of hydrogen-bond donors (Lipinski definition) is 0. The van der Waals surface area contributed by atoms with E-state index in [-0.39, 0.29) is 18.2 Å². The third kappa shape index (κ3) is 4.06. The monoisotopic (exact) mass is 370 g/mol. The van der Waals surface area contributed by atoms with Gasteiger partial charge in [0.1, 0.15) is 5.82 Å². The van der Waals surface area contributed by atoms with Gasteiger partial charge in [0.15, 0.2) is 18.2 Å². The lowest BCUT2D eigenvalue weighted by molar-refractivity contribution is 0.0917. The van der Waals surface area contributed by atoms with Gasteiger partial charge in [-0.25, -0.2) is 9.37 Å². The van der Waals surface area contributed by atoms with Gasteiger partial charge in [0, 0.05) is 27.4 Å². The number of benzene rings is 2. The van der Waals surface area contributed by atoms with Gasteiger partial charge in [0.25, 0.3) is 0 Å². The summed E-state index contributed by atoms with van der Waals surface area (Å²) in [6.07, 6.45) is 0. The molecule has 6 heteroatoms. The first-order valence-electron chi connectivity index (χ1n) is 7.97. The van der Waals surface area contributed by atoms with Crippen molar-refractivity contribution in [1.82, 2.24) is 9.97 Å². The molecule has 1 aromatic heterocycles. The van der Waals surface area contributed by atoms with Crippen molar-refractivity contribution in [3.8, 4) is 17.3 Å². The molecular formula is C20H16ClFN2O2. The molecule has 0 aliphatic heterocycles. The standard InChI is InChI=1S/C20H16ClFN2O2/c1-12-13(2)23-19(15-5-9-17(22)10-6-15)24-20(12)26-11-18(25)14-3-7-16(21)8-4-14/h3-10H,11H2,1-2H3. The molecule has 2 aromatic carbocycles. The molecule has 3 aromatic rings. The van der Waals surface area contributed by atoms with Crippen molar-refractivity contribution in [2.45, 2.75) is 13.8 Å². The summed E-state index contributed by atoms with van der Waals surface area (Å²) in [6.45, 7) is 3.51. The summed E-state index contributed by atoms with van der Waals surface area (Å²) in [5.74, 6) is 0.240. The fourth-order valence-corrected chi connectivity index (χ4v) is 2.45. The van der Waals surface area contributed by atoms with Gasteiger partial charge < -0.3 is 4.74 Å². The summed E-state index contributed by atoms with van der Waals surface area (Å²) < 4.78 is 18.8. The second-order valence-electron chi connectivity index (χ2n) is 5.79. The van der Waals surface area contributed by atoms with E-state index in [9.17, 15) is 9.18 Å². The van der Waals surface area contributed by atoms with E-state index in [4.69, 9.17) is 16.3 Å². The predicted molar refractivity (Wildman–Crippen MR) is 98.2 cm³/mol. The van der Waals surface area contributed by atoms with Crippen LogP contribution < -0.4 is 4.74 Å². The van der Waals surface area contributed by atoms with Crippen LogP contribution in [0.15, 0.2) is 48.5 Å². The number of hydrogen-bond acceptors (Lipinski definition) is 4. The number of aryl methyl sites for hydroxylation is 1. The number of carbonyl (C=O) groups is 1. The molecule has 0 N–H and O–H groups in total. The summed E-state index contributed by atoms with van der Waals surface area (Å²) in [5.41, 5.74) is 2.66. The molecule has 0 radical (unpaired) electrons. The predicted octanol–water partition coefficient (Wildman–Crippen LogP) is 4.81. The minimum absolute atomic E-state index is 0.151. The van der Waals surface area contributed by atoms with Crippen molar-refractivity contribution >= 4 is 17.4 Å². The number of halogens is 2. The van der Waals surface area contributed by atoms with Crippen molar-refractivity contribution in [2.24, 2.45) is 0 Å². The Hall–Kier alpha value is -2.79. The Bertz CT molecular complexity index is 941. The van der Waals surface area contributed by atoms with Crippen LogP contribution in [0.2, 0.25) is 5.02 Å². The zero-order valence-corrected chi connectivity index (χ0v) is 15.0. The smallest absolute Gasteiger partial charge is 0.220 e. The lowest BCUT2D eigenvalue weighted by Crippen LogP contribution is -2.13. The van der Waals surface area contributed by atoms with Crippen molar-refractivity contribution in [3.05, 3.63) is 76.2 Å². The quantitative estimate of drug-likeness (QED) is 0.604. The number of rotatable bonds is 5. The minimum Gasteiger partial charge on any atom is -0.469 e. The van der Waals surface area contributed by atoms with Gasteiger partial charge in [0.05, 0.1) is 0 Å². The SMILES string of the molecule is Cc1nc(-c2ccc(F)cc2)nc(OCC(=O)c2ccc(Cl)cc2)c1C. The fourth-order valence-electron chi connectivity index (χ4n) is 2.32. The van der Waals surface area contributed by atoms with Crippen LogP contribution in [-0.4, -0.2) is 22.4 Å². The van der Waals surface area contributed by atoms with Crippen LogP contribution in [0, 0.1) is 19.7 Å². The highest BCUT2D eigenvalue weighted by Gasteiger charge is 2.13. The highest BCUT2D eigenvalue weighted by atomic mass is 35.5. The third-order valence-electron chi connectivity index (χ3n) is 3.95. The molecule has 0 bridgehead atoms. The second-order valence-corrected chi connectivity index (χ2v) is 6.22. The summed E-state index contributed by atoms with van der Waals surface area (Å²) >= 11 is 5.83. The highest BCUT2D eigenvalue weighted by molar-refractivity contribution is 6.30. The Labute approximate surface area is 155 Å². The van der Waals surface area contributed by atoms with E-state index in [2.05, 4.69) is 9.97 Å². The Morgan fingerprint density at radius 3 is 2.35 bits per heavy atom. The molecule has 3 rings (SSSR count). The van der Waals surface area contributed by atoms with Crippen LogP contribution in [0.1, 0.15) is 21.6 Å². The van der Waals surface area contributed by atoms with E-state index in [1.54, 1.807) is 36.4 Å². The molecule has 0 saturated heterocycles.